The van der Waals surface area contributed by atoms with Gasteiger partial charge in [-0.3, -0.25) is 9.89 Å². The Balaban J connectivity index is 1.74. The van der Waals surface area contributed by atoms with Gasteiger partial charge in [-0.15, -0.1) is 0 Å². The first kappa shape index (κ1) is 18.0. The summed E-state index contributed by atoms with van der Waals surface area (Å²) in [5.41, 5.74) is 4.01. The first-order chi connectivity index (χ1) is 13.3. The van der Waals surface area contributed by atoms with Crippen LogP contribution in [0.2, 0.25) is 0 Å². The smallest absolute Gasteiger partial charge is 0.277 e. The summed E-state index contributed by atoms with van der Waals surface area (Å²) in [5.74, 6) is 0.344. The van der Waals surface area contributed by atoms with Crippen LogP contribution in [0.5, 0.6) is 0 Å². The topological polar surface area (TPSA) is 75.6 Å². The first-order valence-corrected chi connectivity index (χ1v) is 9.25. The zero-order valence-corrected chi connectivity index (χ0v) is 16.4. The molecule has 6 heteroatoms. The van der Waals surface area contributed by atoms with Crippen LogP contribution in [0.15, 0.2) is 54.6 Å². The molecule has 0 atom stereocenters. The van der Waals surface area contributed by atoms with Crippen molar-refractivity contribution in [1.82, 2.24) is 20.0 Å². The molecule has 0 saturated heterocycles. The molecule has 4 rings (SSSR count). The summed E-state index contributed by atoms with van der Waals surface area (Å²) in [6, 6.07) is 17.5. The van der Waals surface area contributed by atoms with Gasteiger partial charge in [0.2, 0.25) is 0 Å². The highest BCUT2D eigenvalue weighted by molar-refractivity contribution is 6.10. The zero-order valence-electron chi connectivity index (χ0n) is 16.4. The zero-order chi connectivity index (χ0) is 19.9. The second-order valence-corrected chi connectivity index (χ2v) is 7.98. The van der Waals surface area contributed by atoms with Crippen LogP contribution < -0.4 is 5.32 Å². The molecular formula is C22H23N5O. The number of aromatic amines is 1. The lowest BCUT2D eigenvalue weighted by molar-refractivity contribution is 0.102. The number of anilines is 1. The van der Waals surface area contributed by atoms with E-state index in [0.29, 0.717) is 11.5 Å². The minimum atomic E-state index is -0.272. The van der Waals surface area contributed by atoms with E-state index in [1.807, 2.05) is 61.5 Å². The van der Waals surface area contributed by atoms with Crippen LogP contribution in [0.4, 0.5) is 5.82 Å². The van der Waals surface area contributed by atoms with E-state index in [9.17, 15) is 4.79 Å². The minimum absolute atomic E-state index is 0.144. The van der Waals surface area contributed by atoms with Gasteiger partial charge in [-0.1, -0.05) is 56.7 Å². The Morgan fingerprint density at radius 1 is 1.07 bits per heavy atom. The molecule has 0 fully saturated rings. The fourth-order valence-corrected chi connectivity index (χ4v) is 3.03. The summed E-state index contributed by atoms with van der Waals surface area (Å²) < 4.78 is 1.77. The van der Waals surface area contributed by atoms with Crippen molar-refractivity contribution in [2.24, 2.45) is 0 Å². The molecule has 4 aromatic rings. The number of nitrogens with zero attached hydrogens (tertiary/aromatic N) is 3. The van der Waals surface area contributed by atoms with Gasteiger partial charge in [0.25, 0.3) is 5.91 Å². The van der Waals surface area contributed by atoms with E-state index >= 15 is 0 Å². The maximum atomic E-state index is 13.0. The van der Waals surface area contributed by atoms with Crippen LogP contribution in [0.25, 0.3) is 16.6 Å². The Morgan fingerprint density at radius 3 is 2.50 bits per heavy atom. The van der Waals surface area contributed by atoms with Gasteiger partial charge in [-0.25, -0.2) is 4.68 Å². The van der Waals surface area contributed by atoms with Gasteiger partial charge in [-0.05, 0) is 25.1 Å². The third kappa shape index (κ3) is 3.29. The molecule has 0 bridgehead atoms. The van der Waals surface area contributed by atoms with Gasteiger partial charge in [0.1, 0.15) is 5.82 Å². The second-order valence-electron chi connectivity index (χ2n) is 7.98. The van der Waals surface area contributed by atoms with E-state index < -0.39 is 0 Å². The molecule has 0 spiro atoms. The molecule has 6 nitrogen and oxygen atoms in total. The largest absolute Gasteiger partial charge is 0.305 e. The Bertz CT molecular complexity index is 1150. The molecule has 0 radical (unpaired) electrons. The molecule has 2 aromatic heterocycles. The maximum absolute atomic E-state index is 13.0. The molecule has 0 aliphatic heterocycles. The highest BCUT2D eigenvalue weighted by Gasteiger charge is 2.23. The average Bonchev–Trinajstić information content (AvgIpc) is 3.26. The molecule has 28 heavy (non-hydrogen) atoms. The monoisotopic (exact) mass is 373 g/mol. The number of carbonyl (C=O) groups excluding carboxylic acids is 1. The van der Waals surface area contributed by atoms with E-state index in [0.717, 1.165) is 22.3 Å². The predicted molar refractivity (Wildman–Crippen MR) is 111 cm³/mol. The van der Waals surface area contributed by atoms with Crippen molar-refractivity contribution in [3.05, 3.63) is 71.5 Å². The summed E-state index contributed by atoms with van der Waals surface area (Å²) >= 11 is 0. The van der Waals surface area contributed by atoms with Crippen molar-refractivity contribution in [2.75, 3.05) is 5.32 Å². The summed E-state index contributed by atoms with van der Waals surface area (Å²) in [5, 5.41) is 15.6. The number of hydrogen-bond acceptors (Lipinski definition) is 3. The Hall–Kier alpha value is -3.41. The molecule has 0 aliphatic carbocycles. The highest BCUT2D eigenvalue weighted by Crippen LogP contribution is 2.27. The van der Waals surface area contributed by atoms with E-state index in [-0.39, 0.29) is 11.3 Å². The number of hydrogen-bond donors (Lipinski definition) is 2. The van der Waals surface area contributed by atoms with E-state index in [4.69, 9.17) is 5.10 Å². The van der Waals surface area contributed by atoms with Crippen LogP contribution in [0, 0.1) is 6.92 Å². The first-order valence-electron chi connectivity index (χ1n) is 9.25. The summed E-state index contributed by atoms with van der Waals surface area (Å²) in [6.45, 7) is 8.34. The number of H-pyrrole nitrogens is 1. The lowest BCUT2D eigenvalue weighted by Gasteiger charge is -2.14. The van der Waals surface area contributed by atoms with Crippen LogP contribution in [0.1, 0.15) is 42.5 Å². The van der Waals surface area contributed by atoms with Gasteiger partial charge in [-0.2, -0.15) is 10.2 Å². The summed E-state index contributed by atoms with van der Waals surface area (Å²) in [6.07, 6.45) is 0. The number of nitrogens with one attached hydrogen (secondary N) is 2. The van der Waals surface area contributed by atoms with Crippen molar-refractivity contribution >= 4 is 22.6 Å². The Morgan fingerprint density at radius 2 is 1.79 bits per heavy atom. The maximum Gasteiger partial charge on any atom is 0.277 e. The Labute approximate surface area is 163 Å². The van der Waals surface area contributed by atoms with E-state index in [2.05, 4.69) is 36.3 Å². The highest BCUT2D eigenvalue weighted by atomic mass is 16.2. The number of amides is 1. The fraction of sp³-hybridized carbons (Fsp3) is 0.227. The van der Waals surface area contributed by atoms with Gasteiger partial charge in [0, 0.05) is 16.9 Å². The van der Waals surface area contributed by atoms with Crippen LogP contribution in [-0.2, 0) is 5.41 Å². The number of aromatic nitrogens is 4. The number of benzene rings is 2. The van der Waals surface area contributed by atoms with Crippen LogP contribution >= 0.6 is 0 Å². The molecule has 142 valence electrons. The molecule has 1 amide bonds. The molecule has 2 aromatic carbocycles. The van der Waals surface area contributed by atoms with Gasteiger partial charge in [0.15, 0.2) is 5.69 Å². The van der Waals surface area contributed by atoms with E-state index in [1.54, 1.807) is 4.68 Å². The lowest BCUT2D eigenvalue weighted by atomic mass is 9.92. The van der Waals surface area contributed by atoms with Crippen molar-refractivity contribution in [3.63, 3.8) is 0 Å². The standard InChI is InChI=1S/C22H23N5O/c1-14-9-11-15(12-10-14)27-19(13-18(26-27)22(2,3)4)23-21(28)20-16-7-5-6-8-17(16)24-25-20/h5-13H,1-4H3,(H,23,28)(H,24,25). The summed E-state index contributed by atoms with van der Waals surface area (Å²) in [7, 11) is 0. The van der Waals surface area contributed by atoms with Gasteiger partial charge >= 0.3 is 0 Å². The Kier molecular flexibility index (Phi) is 4.26. The number of carbonyl (C=O) groups is 1. The quantitative estimate of drug-likeness (QED) is 0.551. The minimum Gasteiger partial charge on any atom is -0.305 e. The van der Waals surface area contributed by atoms with Crippen molar-refractivity contribution in [2.45, 2.75) is 33.1 Å². The predicted octanol–water partition coefficient (Wildman–Crippen LogP) is 4.61. The fourth-order valence-electron chi connectivity index (χ4n) is 3.03. The normalized spacial score (nSPS) is 11.7. The third-order valence-electron chi connectivity index (χ3n) is 4.68. The third-order valence-corrected chi connectivity index (χ3v) is 4.68. The van der Waals surface area contributed by atoms with Crippen LogP contribution in [-0.4, -0.2) is 25.9 Å². The molecule has 2 heterocycles. The van der Waals surface area contributed by atoms with Crippen molar-refractivity contribution in [1.29, 1.82) is 0 Å². The number of para-hydroxylation sites is 1. The van der Waals surface area contributed by atoms with Gasteiger partial charge in [0.05, 0.1) is 16.9 Å². The lowest BCUT2D eigenvalue weighted by Crippen LogP contribution is -2.16. The van der Waals surface area contributed by atoms with Crippen molar-refractivity contribution < 1.29 is 4.79 Å². The van der Waals surface area contributed by atoms with Crippen molar-refractivity contribution in [3.8, 4) is 5.69 Å². The SMILES string of the molecule is Cc1ccc(-n2nc(C(C)(C)C)cc2NC(=O)c2n[nH]c3ccccc23)cc1. The molecule has 2 N–H and O–H groups in total. The van der Waals surface area contributed by atoms with Gasteiger partial charge < -0.3 is 5.32 Å². The molecule has 0 aliphatic rings. The number of aryl methyl sites for hydroxylation is 1. The summed E-state index contributed by atoms with van der Waals surface area (Å²) in [4.78, 5) is 13.0. The number of rotatable bonds is 3. The number of fused-ring (bicyclic) bond motifs is 1. The van der Waals surface area contributed by atoms with E-state index in [1.165, 1.54) is 5.56 Å². The molecule has 0 unspecified atom stereocenters. The second kappa shape index (κ2) is 6.64. The average molecular weight is 373 g/mol. The van der Waals surface area contributed by atoms with Crippen LogP contribution in [0.3, 0.4) is 0 Å². The molecular weight excluding hydrogens is 350 g/mol. The molecule has 0 saturated carbocycles.